The summed E-state index contributed by atoms with van der Waals surface area (Å²) >= 11 is 3.19. The Labute approximate surface area is 95.2 Å². The van der Waals surface area contributed by atoms with E-state index < -0.39 is 17.7 Å². The summed E-state index contributed by atoms with van der Waals surface area (Å²) in [6.07, 6.45) is 0. The molecule has 0 spiro atoms. The zero-order valence-electron chi connectivity index (χ0n) is 8.13. The van der Waals surface area contributed by atoms with E-state index in [1.165, 1.54) is 6.07 Å². The molecule has 0 heterocycles. The van der Waals surface area contributed by atoms with E-state index in [1.807, 2.05) is 0 Å². The molecule has 0 bridgehead atoms. The van der Waals surface area contributed by atoms with Crippen LogP contribution in [0.5, 0.6) is 0 Å². The van der Waals surface area contributed by atoms with Crippen molar-refractivity contribution in [1.29, 1.82) is 0 Å². The first-order valence-corrected chi connectivity index (χ1v) is 5.15. The van der Waals surface area contributed by atoms with Crippen molar-refractivity contribution in [2.24, 2.45) is 5.73 Å². The van der Waals surface area contributed by atoms with Gasteiger partial charge in [-0.1, -0.05) is 15.9 Å². The highest BCUT2D eigenvalue weighted by Crippen LogP contribution is 2.25. The summed E-state index contributed by atoms with van der Waals surface area (Å²) in [7, 11) is 0. The maximum Gasteiger partial charge on any atom is 0.312 e. The molecule has 0 amide bonds. The van der Waals surface area contributed by atoms with Crippen LogP contribution in [0.15, 0.2) is 16.6 Å². The zero-order valence-corrected chi connectivity index (χ0v) is 9.71. The predicted octanol–water partition coefficient (Wildman–Crippen LogP) is 2.02. The number of aryl methyl sites for hydroxylation is 1. The number of halogens is 2. The van der Waals surface area contributed by atoms with Gasteiger partial charge in [-0.05, 0) is 24.6 Å². The van der Waals surface area contributed by atoms with Crippen LogP contribution in [0.3, 0.4) is 0 Å². The van der Waals surface area contributed by atoms with E-state index in [1.54, 1.807) is 13.0 Å². The summed E-state index contributed by atoms with van der Waals surface area (Å²) in [5.41, 5.74) is 5.84. The van der Waals surface area contributed by atoms with Crippen LogP contribution in [0.2, 0.25) is 0 Å². The van der Waals surface area contributed by atoms with Crippen LogP contribution in [0.1, 0.15) is 17.0 Å². The molecule has 5 heteroatoms. The Kier molecular flexibility index (Phi) is 3.82. The minimum Gasteiger partial charge on any atom is -0.481 e. The summed E-state index contributed by atoms with van der Waals surface area (Å²) in [4.78, 5) is 10.8. The van der Waals surface area contributed by atoms with Gasteiger partial charge in [0.2, 0.25) is 0 Å². The number of carboxylic acid groups (broad SMARTS) is 1. The van der Waals surface area contributed by atoms with Gasteiger partial charge in [-0.3, -0.25) is 4.79 Å². The van der Waals surface area contributed by atoms with Crippen molar-refractivity contribution in [3.63, 3.8) is 0 Å². The summed E-state index contributed by atoms with van der Waals surface area (Å²) in [6, 6.07) is 3.04. The van der Waals surface area contributed by atoms with Crippen LogP contribution in [-0.4, -0.2) is 17.6 Å². The van der Waals surface area contributed by atoms with E-state index in [4.69, 9.17) is 10.8 Å². The van der Waals surface area contributed by atoms with Crippen molar-refractivity contribution in [3.8, 4) is 0 Å². The van der Waals surface area contributed by atoms with Gasteiger partial charge in [0, 0.05) is 16.6 Å². The molecule has 0 saturated heterocycles. The first-order valence-electron chi connectivity index (χ1n) is 4.35. The molecule has 0 saturated carbocycles. The fourth-order valence-corrected chi connectivity index (χ4v) is 1.96. The predicted molar refractivity (Wildman–Crippen MR) is 58.3 cm³/mol. The SMILES string of the molecule is Cc1cc(Br)cc(C(CN)C(=O)O)c1F. The standard InChI is InChI=1S/C10H11BrFNO2/c1-5-2-6(11)3-7(9(5)12)8(4-13)10(14)15/h2-3,8H,4,13H2,1H3,(H,14,15). The normalized spacial score (nSPS) is 12.5. The highest BCUT2D eigenvalue weighted by Gasteiger charge is 2.22. The maximum absolute atomic E-state index is 13.6. The molecule has 3 N–H and O–H groups in total. The van der Waals surface area contributed by atoms with Crippen LogP contribution >= 0.6 is 15.9 Å². The molecule has 0 fully saturated rings. The smallest absolute Gasteiger partial charge is 0.312 e. The van der Waals surface area contributed by atoms with Gasteiger partial charge in [0.1, 0.15) is 5.82 Å². The number of carbonyl (C=O) groups is 1. The third kappa shape index (κ3) is 2.54. The van der Waals surface area contributed by atoms with E-state index in [0.717, 1.165) is 0 Å². The molecule has 3 nitrogen and oxygen atoms in total. The average molecular weight is 276 g/mol. The number of rotatable bonds is 3. The van der Waals surface area contributed by atoms with E-state index in [9.17, 15) is 9.18 Å². The molecule has 15 heavy (non-hydrogen) atoms. The third-order valence-corrected chi connectivity index (χ3v) is 2.61. The fourth-order valence-electron chi connectivity index (χ4n) is 1.37. The fraction of sp³-hybridized carbons (Fsp3) is 0.300. The number of aliphatic carboxylic acids is 1. The minimum atomic E-state index is -1.12. The molecule has 0 aliphatic heterocycles. The van der Waals surface area contributed by atoms with Crippen LogP contribution in [0, 0.1) is 12.7 Å². The lowest BCUT2D eigenvalue weighted by atomic mass is 9.97. The maximum atomic E-state index is 13.6. The lowest BCUT2D eigenvalue weighted by Crippen LogP contribution is -2.22. The quantitative estimate of drug-likeness (QED) is 0.887. The summed E-state index contributed by atoms with van der Waals surface area (Å²) in [5.74, 6) is -2.62. The Bertz CT molecular complexity index is 395. The Hall–Kier alpha value is -0.940. The van der Waals surface area contributed by atoms with Crippen molar-refractivity contribution in [2.45, 2.75) is 12.8 Å². The van der Waals surface area contributed by atoms with Crippen molar-refractivity contribution < 1.29 is 14.3 Å². The largest absolute Gasteiger partial charge is 0.481 e. The highest BCUT2D eigenvalue weighted by atomic mass is 79.9. The number of hydrogen-bond donors (Lipinski definition) is 2. The van der Waals surface area contributed by atoms with Crippen molar-refractivity contribution in [3.05, 3.63) is 33.5 Å². The lowest BCUT2D eigenvalue weighted by Gasteiger charge is -2.13. The molecular weight excluding hydrogens is 265 g/mol. The summed E-state index contributed by atoms with van der Waals surface area (Å²) in [5, 5.41) is 8.87. The summed E-state index contributed by atoms with van der Waals surface area (Å²) < 4.78 is 14.3. The van der Waals surface area contributed by atoms with E-state index >= 15 is 0 Å². The molecule has 1 rings (SSSR count). The van der Waals surface area contributed by atoms with Crippen molar-refractivity contribution >= 4 is 21.9 Å². The van der Waals surface area contributed by atoms with Gasteiger partial charge in [0.05, 0.1) is 5.92 Å². The molecule has 1 atom stereocenters. The second-order valence-corrected chi connectivity index (χ2v) is 4.17. The molecular formula is C10H11BrFNO2. The average Bonchev–Trinajstić information content (AvgIpc) is 2.13. The number of nitrogens with two attached hydrogens (primary N) is 1. The van der Waals surface area contributed by atoms with Crippen LogP contribution in [-0.2, 0) is 4.79 Å². The topological polar surface area (TPSA) is 63.3 Å². The molecule has 0 radical (unpaired) electrons. The Morgan fingerprint density at radius 1 is 1.67 bits per heavy atom. The summed E-state index contributed by atoms with van der Waals surface area (Å²) in [6.45, 7) is 1.46. The van der Waals surface area contributed by atoms with Gasteiger partial charge in [0.25, 0.3) is 0 Å². The molecule has 0 aromatic heterocycles. The first kappa shape index (κ1) is 12.1. The molecule has 1 aromatic rings. The van der Waals surface area contributed by atoms with Gasteiger partial charge in [-0.2, -0.15) is 0 Å². The number of hydrogen-bond acceptors (Lipinski definition) is 2. The molecule has 0 aliphatic carbocycles. The molecule has 0 aliphatic rings. The number of carboxylic acids is 1. The second kappa shape index (κ2) is 4.72. The minimum absolute atomic E-state index is 0.122. The van der Waals surface area contributed by atoms with E-state index in [2.05, 4.69) is 15.9 Å². The van der Waals surface area contributed by atoms with Gasteiger partial charge in [0.15, 0.2) is 0 Å². The third-order valence-electron chi connectivity index (χ3n) is 2.16. The van der Waals surface area contributed by atoms with Gasteiger partial charge in [-0.15, -0.1) is 0 Å². The molecule has 1 unspecified atom stereocenters. The Morgan fingerprint density at radius 2 is 2.27 bits per heavy atom. The highest BCUT2D eigenvalue weighted by molar-refractivity contribution is 9.10. The zero-order chi connectivity index (χ0) is 11.6. The lowest BCUT2D eigenvalue weighted by molar-refractivity contribution is -0.138. The van der Waals surface area contributed by atoms with Crippen LogP contribution in [0.4, 0.5) is 4.39 Å². The van der Waals surface area contributed by atoms with Crippen LogP contribution < -0.4 is 5.73 Å². The van der Waals surface area contributed by atoms with Gasteiger partial charge in [-0.25, -0.2) is 4.39 Å². The van der Waals surface area contributed by atoms with Gasteiger partial charge < -0.3 is 10.8 Å². The monoisotopic (exact) mass is 275 g/mol. The van der Waals surface area contributed by atoms with Gasteiger partial charge >= 0.3 is 5.97 Å². The number of benzene rings is 1. The van der Waals surface area contributed by atoms with E-state index in [0.29, 0.717) is 10.0 Å². The Balaban J connectivity index is 3.28. The first-order chi connectivity index (χ1) is 6.97. The van der Waals surface area contributed by atoms with Crippen molar-refractivity contribution in [2.75, 3.05) is 6.54 Å². The molecule has 82 valence electrons. The van der Waals surface area contributed by atoms with E-state index in [-0.39, 0.29) is 12.1 Å². The van der Waals surface area contributed by atoms with Crippen molar-refractivity contribution in [1.82, 2.24) is 0 Å². The van der Waals surface area contributed by atoms with Crippen LogP contribution in [0.25, 0.3) is 0 Å². The second-order valence-electron chi connectivity index (χ2n) is 3.25. The Morgan fingerprint density at radius 3 is 2.73 bits per heavy atom. The molecule has 1 aromatic carbocycles.